The molecule has 0 aliphatic heterocycles. The van der Waals surface area contributed by atoms with Crippen LogP contribution in [0.2, 0.25) is 5.02 Å². The summed E-state index contributed by atoms with van der Waals surface area (Å²) < 4.78 is 20.2. The van der Waals surface area contributed by atoms with Gasteiger partial charge in [0.2, 0.25) is 0 Å². The maximum absolute atomic E-state index is 13.9. The van der Waals surface area contributed by atoms with Crippen LogP contribution in [0.25, 0.3) is 0 Å². The van der Waals surface area contributed by atoms with Gasteiger partial charge in [0.25, 0.3) is 5.91 Å². The molecule has 0 fully saturated rings. The third-order valence-electron chi connectivity index (χ3n) is 4.25. The Bertz CT molecular complexity index is 1270. The van der Waals surface area contributed by atoms with Gasteiger partial charge in [-0.3, -0.25) is 4.79 Å². The molecule has 0 saturated carbocycles. The van der Waals surface area contributed by atoms with Gasteiger partial charge in [0, 0.05) is 5.56 Å². The smallest absolute Gasteiger partial charge is 0.274 e. The van der Waals surface area contributed by atoms with Crippen molar-refractivity contribution < 1.29 is 13.9 Å². The molecule has 32 heavy (non-hydrogen) atoms. The van der Waals surface area contributed by atoms with Crippen LogP contribution in [0.5, 0.6) is 5.75 Å². The Morgan fingerprint density at radius 3 is 2.66 bits per heavy atom. The van der Waals surface area contributed by atoms with Gasteiger partial charge in [0.1, 0.15) is 12.4 Å². The molecule has 158 valence electrons. The van der Waals surface area contributed by atoms with Crippen LogP contribution in [0.4, 0.5) is 4.39 Å². The minimum absolute atomic E-state index is 0.112. The summed E-state index contributed by atoms with van der Waals surface area (Å²) >= 11 is 9.70. The Labute approximate surface area is 196 Å². The van der Waals surface area contributed by atoms with Gasteiger partial charge >= 0.3 is 0 Å². The molecule has 0 aliphatic rings. The number of rotatable bonds is 6. The highest BCUT2D eigenvalue weighted by Gasteiger charge is 2.13. The van der Waals surface area contributed by atoms with Gasteiger partial charge in [0.05, 0.1) is 44.5 Å². The molecule has 0 heterocycles. The molecule has 0 aromatic heterocycles. The number of ether oxygens (including phenoxy) is 1. The van der Waals surface area contributed by atoms with Crippen molar-refractivity contribution >= 4 is 39.7 Å². The highest BCUT2D eigenvalue weighted by atomic mass is 79.9. The molecule has 3 rings (SSSR count). The van der Waals surface area contributed by atoms with E-state index >= 15 is 0 Å². The van der Waals surface area contributed by atoms with Crippen molar-refractivity contribution in [3.05, 3.63) is 97.7 Å². The van der Waals surface area contributed by atoms with E-state index in [2.05, 4.69) is 32.5 Å². The first-order valence-corrected chi connectivity index (χ1v) is 10.2. The second-order valence-electron chi connectivity index (χ2n) is 6.38. The number of hydrogen-bond donors (Lipinski definition) is 1. The lowest BCUT2D eigenvalue weighted by Crippen LogP contribution is -2.19. The van der Waals surface area contributed by atoms with E-state index in [1.807, 2.05) is 6.07 Å². The van der Waals surface area contributed by atoms with Crippen molar-refractivity contribution in [2.24, 2.45) is 5.10 Å². The number of hydrazone groups is 1. The van der Waals surface area contributed by atoms with Crippen molar-refractivity contribution in [2.75, 3.05) is 0 Å². The summed E-state index contributed by atoms with van der Waals surface area (Å²) in [5, 5.41) is 22.0. The first-order chi connectivity index (χ1) is 15.4. The van der Waals surface area contributed by atoms with Crippen LogP contribution in [0.1, 0.15) is 32.6 Å². The fourth-order valence-corrected chi connectivity index (χ4v) is 3.68. The third-order valence-corrected chi connectivity index (χ3v) is 5.12. The van der Waals surface area contributed by atoms with Gasteiger partial charge in [-0.15, -0.1) is 0 Å². The second kappa shape index (κ2) is 10.5. The average Bonchev–Trinajstić information content (AvgIpc) is 2.78. The van der Waals surface area contributed by atoms with Crippen LogP contribution < -0.4 is 10.2 Å². The molecule has 1 amide bonds. The van der Waals surface area contributed by atoms with Gasteiger partial charge in [0.15, 0.2) is 5.75 Å². The Kier molecular flexibility index (Phi) is 7.56. The fourth-order valence-electron chi connectivity index (χ4n) is 2.69. The zero-order chi connectivity index (χ0) is 23.1. The SMILES string of the molecule is N#Cc1ccc(C(=O)N/N=C\c2cc(Cl)c(OCc3ccccc3C#N)c(Br)c2)c(F)c1. The topological polar surface area (TPSA) is 98.3 Å². The summed E-state index contributed by atoms with van der Waals surface area (Å²) in [7, 11) is 0. The van der Waals surface area contributed by atoms with E-state index in [-0.39, 0.29) is 17.7 Å². The standard InChI is InChI=1S/C23H13BrClFN4O2/c24-19-7-15(12-29-30-23(31)18-6-5-14(10-27)9-21(18)26)8-20(25)22(19)32-13-17-4-2-1-3-16(17)11-28/h1-9,12H,13H2,(H,30,31)/b29-12-. The van der Waals surface area contributed by atoms with E-state index in [1.165, 1.54) is 18.3 Å². The molecule has 0 radical (unpaired) electrons. The summed E-state index contributed by atoms with van der Waals surface area (Å²) in [6.45, 7) is 0.154. The molecule has 3 aromatic carbocycles. The zero-order valence-corrected chi connectivity index (χ0v) is 18.6. The maximum atomic E-state index is 13.9. The average molecular weight is 512 g/mol. The molecular formula is C23H13BrClFN4O2. The molecule has 0 saturated heterocycles. The van der Waals surface area contributed by atoms with Crippen molar-refractivity contribution in [1.29, 1.82) is 10.5 Å². The Morgan fingerprint density at radius 1 is 1.19 bits per heavy atom. The van der Waals surface area contributed by atoms with Gasteiger partial charge in [-0.2, -0.15) is 15.6 Å². The second-order valence-corrected chi connectivity index (χ2v) is 7.64. The van der Waals surface area contributed by atoms with Crippen molar-refractivity contribution in [2.45, 2.75) is 6.61 Å². The minimum Gasteiger partial charge on any atom is -0.486 e. The number of carbonyl (C=O) groups excluding carboxylic acids is 1. The lowest BCUT2D eigenvalue weighted by Gasteiger charge is -2.12. The monoisotopic (exact) mass is 510 g/mol. The van der Waals surface area contributed by atoms with Crippen LogP contribution in [-0.2, 0) is 6.61 Å². The normalized spacial score (nSPS) is 10.4. The molecule has 0 spiro atoms. The lowest BCUT2D eigenvalue weighted by atomic mass is 10.1. The predicted molar refractivity (Wildman–Crippen MR) is 121 cm³/mol. The van der Waals surface area contributed by atoms with Crippen LogP contribution in [0.15, 0.2) is 64.2 Å². The Hall–Kier alpha value is -3.72. The summed E-state index contributed by atoms with van der Waals surface area (Å²) in [5.74, 6) is -1.19. The zero-order valence-electron chi connectivity index (χ0n) is 16.3. The van der Waals surface area contributed by atoms with Gasteiger partial charge in [-0.25, -0.2) is 9.82 Å². The van der Waals surface area contributed by atoms with Crippen LogP contribution in [-0.4, -0.2) is 12.1 Å². The van der Waals surface area contributed by atoms with E-state index < -0.39 is 11.7 Å². The molecule has 9 heteroatoms. The number of nitrogens with zero attached hydrogens (tertiary/aromatic N) is 3. The molecule has 0 atom stereocenters. The maximum Gasteiger partial charge on any atom is 0.274 e. The quantitative estimate of drug-likeness (QED) is 0.357. The first kappa shape index (κ1) is 23.0. The van der Waals surface area contributed by atoms with Crippen LogP contribution in [0.3, 0.4) is 0 Å². The number of halogens is 3. The lowest BCUT2D eigenvalue weighted by molar-refractivity contribution is 0.0951. The summed E-state index contributed by atoms with van der Waals surface area (Å²) in [4.78, 5) is 12.1. The largest absolute Gasteiger partial charge is 0.486 e. The number of nitrogens with one attached hydrogen (secondary N) is 1. The summed E-state index contributed by atoms with van der Waals surface area (Å²) in [5.41, 5.74) is 3.89. The van der Waals surface area contributed by atoms with Crippen LogP contribution >= 0.6 is 27.5 Å². The van der Waals surface area contributed by atoms with Crippen molar-refractivity contribution in [3.8, 4) is 17.9 Å². The van der Waals surface area contributed by atoms with E-state index in [1.54, 1.807) is 36.4 Å². The molecule has 3 aromatic rings. The first-order valence-electron chi connectivity index (χ1n) is 9.06. The fraction of sp³-hybridized carbons (Fsp3) is 0.0435. The van der Waals surface area contributed by atoms with E-state index in [0.29, 0.717) is 26.4 Å². The van der Waals surface area contributed by atoms with E-state index in [9.17, 15) is 14.4 Å². The number of nitriles is 2. The predicted octanol–water partition coefficient (Wildman–Crippen LogP) is 5.33. The van der Waals surface area contributed by atoms with Gasteiger partial charge < -0.3 is 4.74 Å². The molecule has 0 bridgehead atoms. The molecule has 6 nitrogen and oxygen atoms in total. The number of carbonyl (C=O) groups is 1. The van der Waals surface area contributed by atoms with Crippen molar-refractivity contribution in [1.82, 2.24) is 5.43 Å². The number of benzene rings is 3. The molecular weight excluding hydrogens is 499 g/mol. The molecule has 0 unspecified atom stereocenters. The van der Waals surface area contributed by atoms with Crippen LogP contribution in [0, 0.1) is 28.5 Å². The Morgan fingerprint density at radius 2 is 1.97 bits per heavy atom. The molecule has 0 aliphatic carbocycles. The van der Waals surface area contributed by atoms with Gasteiger partial charge in [-0.05, 0) is 57.9 Å². The highest BCUT2D eigenvalue weighted by Crippen LogP contribution is 2.35. The highest BCUT2D eigenvalue weighted by molar-refractivity contribution is 9.10. The number of amides is 1. The summed E-state index contributed by atoms with van der Waals surface area (Å²) in [6, 6.07) is 17.8. The van der Waals surface area contributed by atoms with E-state index in [4.69, 9.17) is 21.6 Å². The Balaban J connectivity index is 1.68. The number of hydrogen-bond acceptors (Lipinski definition) is 5. The minimum atomic E-state index is -0.818. The van der Waals surface area contributed by atoms with Crippen molar-refractivity contribution in [3.63, 3.8) is 0 Å². The third kappa shape index (κ3) is 5.50. The van der Waals surface area contributed by atoms with E-state index in [0.717, 1.165) is 11.6 Å². The van der Waals surface area contributed by atoms with Gasteiger partial charge in [-0.1, -0.05) is 29.8 Å². The molecule has 1 N–H and O–H groups in total. The summed E-state index contributed by atoms with van der Waals surface area (Å²) in [6.07, 6.45) is 1.34.